The summed E-state index contributed by atoms with van der Waals surface area (Å²) in [6.45, 7) is 0.319. The van der Waals surface area contributed by atoms with Crippen LogP contribution in [0.4, 0.5) is 5.69 Å². The average molecular weight is 390 g/mol. The predicted octanol–water partition coefficient (Wildman–Crippen LogP) is 3.89. The molecule has 0 aromatic heterocycles. The third kappa shape index (κ3) is 5.13. The van der Waals surface area contributed by atoms with E-state index in [-0.39, 0.29) is 11.8 Å². The lowest BCUT2D eigenvalue weighted by Gasteiger charge is -2.11. The lowest BCUT2D eigenvalue weighted by molar-refractivity contribution is 0.0951. The summed E-state index contributed by atoms with van der Waals surface area (Å²) in [5, 5.41) is 5.66. The van der Waals surface area contributed by atoms with Gasteiger partial charge in [-0.2, -0.15) is 0 Å². The molecule has 0 bridgehead atoms. The van der Waals surface area contributed by atoms with Gasteiger partial charge in [0.25, 0.3) is 11.8 Å². The molecule has 148 valence electrons. The van der Waals surface area contributed by atoms with E-state index in [0.29, 0.717) is 34.9 Å². The van der Waals surface area contributed by atoms with Gasteiger partial charge in [-0.25, -0.2) is 0 Å². The van der Waals surface area contributed by atoms with Crippen LogP contribution in [0.1, 0.15) is 26.3 Å². The van der Waals surface area contributed by atoms with Gasteiger partial charge < -0.3 is 20.1 Å². The van der Waals surface area contributed by atoms with Crippen molar-refractivity contribution < 1.29 is 19.1 Å². The monoisotopic (exact) mass is 390 g/mol. The van der Waals surface area contributed by atoms with Crippen LogP contribution < -0.4 is 20.1 Å². The SMILES string of the molecule is COc1ccc(CNC(=O)c2cccc(C(=O)Nc3ccccc3)c2)cc1OC. The van der Waals surface area contributed by atoms with E-state index in [1.807, 2.05) is 30.3 Å². The van der Waals surface area contributed by atoms with Crippen LogP contribution in [0.25, 0.3) is 0 Å². The Hall–Kier alpha value is -3.80. The van der Waals surface area contributed by atoms with Crippen molar-refractivity contribution in [1.29, 1.82) is 0 Å². The summed E-state index contributed by atoms with van der Waals surface area (Å²) in [5.41, 5.74) is 2.38. The van der Waals surface area contributed by atoms with Crippen molar-refractivity contribution in [2.24, 2.45) is 0 Å². The fourth-order valence-electron chi connectivity index (χ4n) is 2.80. The molecule has 2 N–H and O–H groups in total. The summed E-state index contributed by atoms with van der Waals surface area (Å²) in [6, 6.07) is 21.2. The Kier molecular flexibility index (Phi) is 6.47. The van der Waals surface area contributed by atoms with Gasteiger partial charge in [0.1, 0.15) is 0 Å². The molecule has 0 unspecified atom stereocenters. The summed E-state index contributed by atoms with van der Waals surface area (Å²) in [4.78, 5) is 25.0. The van der Waals surface area contributed by atoms with Gasteiger partial charge in [-0.1, -0.05) is 30.3 Å². The number of carbonyl (C=O) groups is 2. The topological polar surface area (TPSA) is 76.7 Å². The van der Waals surface area contributed by atoms with E-state index in [1.54, 1.807) is 56.7 Å². The largest absolute Gasteiger partial charge is 0.493 e. The molecule has 0 spiro atoms. The molecule has 0 heterocycles. The summed E-state index contributed by atoms with van der Waals surface area (Å²) >= 11 is 0. The van der Waals surface area contributed by atoms with E-state index in [0.717, 1.165) is 5.56 Å². The number of hydrogen-bond donors (Lipinski definition) is 2. The van der Waals surface area contributed by atoms with Crippen molar-refractivity contribution in [2.45, 2.75) is 6.54 Å². The molecule has 0 saturated carbocycles. The van der Waals surface area contributed by atoms with Crippen LogP contribution in [-0.4, -0.2) is 26.0 Å². The number of benzene rings is 3. The van der Waals surface area contributed by atoms with Crippen molar-refractivity contribution >= 4 is 17.5 Å². The maximum absolute atomic E-state index is 12.5. The molecular formula is C23H22N2O4. The lowest BCUT2D eigenvalue weighted by Crippen LogP contribution is -2.23. The second-order valence-electron chi connectivity index (χ2n) is 6.27. The second kappa shape index (κ2) is 9.41. The molecule has 0 radical (unpaired) electrons. The van der Waals surface area contributed by atoms with Crippen LogP contribution in [0.2, 0.25) is 0 Å². The Morgan fingerprint density at radius 2 is 1.45 bits per heavy atom. The Morgan fingerprint density at radius 3 is 2.14 bits per heavy atom. The van der Waals surface area contributed by atoms with E-state index >= 15 is 0 Å². The number of anilines is 1. The summed E-state index contributed by atoms with van der Waals surface area (Å²) < 4.78 is 10.5. The molecule has 0 fully saturated rings. The predicted molar refractivity (Wildman–Crippen MR) is 112 cm³/mol. The average Bonchev–Trinajstić information content (AvgIpc) is 2.78. The van der Waals surface area contributed by atoms with Crippen molar-refractivity contribution in [1.82, 2.24) is 5.32 Å². The number of amides is 2. The van der Waals surface area contributed by atoms with Crippen LogP contribution in [0.3, 0.4) is 0 Å². The normalized spacial score (nSPS) is 10.1. The summed E-state index contributed by atoms with van der Waals surface area (Å²) in [7, 11) is 3.13. The van der Waals surface area contributed by atoms with Gasteiger partial charge in [-0.15, -0.1) is 0 Å². The van der Waals surface area contributed by atoms with Gasteiger partial charge in [-0.05, 0) is 48.0 Å². The van der Waals surface area contributed by atoms with Gasteiger partial charge >= 0.3 is 0 Å². The highest BCUT2D eigenvalue weighted by molar-refractivity contribution is 6.06. The molecule has 2 amide bonds. The van der Waals surface area contributed by atoms with E-state index in [9.17, 15) is 9.59 Å². The molecule has 0 atom stereocenters. The highest BCUT2D eigenvalue weighted by Gasteiger charge is 2.11. The van der Waals surface area contributed by atoms with E-state index in [1.165, 1.54) is 0 Å². The maximum atomic E-state index is 12.5. The van der Waals surface area contributed by atoms with Crippen molar-refractivity contribution in [2.75, 3.05) is 19.5 Å². The third-order valence-corrected chi connectivity index (χ3v) is 4.32. The molecule has 0 aliphatic heterocycles. The van der Waals surface area contributed by atoms with Gasteiger partial charge in [0, 0.05) is 23.4 Å². The number of methoxy groups -OCH3 is 2. The minimum atomic E-state index is -0.272. The molecule has 6 heteroatoms. The first-order chi connectivity index (χ1) is 14.1. The number of hydrogen-bond acceptors (Lipinski definition) is 4. The minimum absolute atomic E-state index is 0.269. The number of carbonyl (C=O) groups excluding carboxylic acids is 2. The molecule has 3 rings (SSSR count). The van der Waals surface area contributed by atoms with Crippen LogP contribution in [-0.2, 0) is 6.54 Å². The van der Waals surface area contributed by atoms with Crippen LogP contribution in [0, 0.1) is 0 Å². The Balaban J connectivity index is 1.65. The molecule has 0 aliphatic carbocycles. The minimum Gasteiger partial charge on any atom is -0.493 e. The number of nitrogens with one attached hydrogen (secondary N) is 2. The van der Waals surface area contributed by atoms with Crippen molar-refractivity contribution in [3.8, 4) is 11.5 Å². The second-order valence-corrected chi connectivity index (χ2v) is 6.27. The van der Waals surface area contributed by atoms with Gasteiger partial charge in [0.2, 0.25) is 0 Å². The molecule has 0 aliphatic rings. The fourth-order valence-corrected chi connectivity index (χ4v) is 2.80. The highest BCUT2D eigenvalue weighted by Crippen LogP contribution is 2.27. The zero-order valence-corrected chi connectivity index (χ0v) is 16.3. The first-order valence-electron chi connectivity index (χ1n) is 9.06. The van der Waals surface area contributed by atoms with E-state index in [2.05, 4.69) is 10.6 Å². The third-order valence-electron chi connectivity index (χ3n) is 4.32. The standard InChI is InChI=1S/C23H22N2O4/c1-28-20-12-11-16(13-21(20)29-2)15-24-22(26)17-7-6-8-18(14-17)23(27)25-19-9-4-3-5-10-19/h3-14H,15H2,1-2H3,(H,24,26)(H,25,27). The Labute approximate surface area is 169 Å². The Bertz CT molecular complexity index is 1000. The zero-order chi connectivity index (χ0) is 20.6. The number of ether oxygens (including phenoxy) is 2. The molecular weight excluding hydrogens is 368 g/mol. The van der Waals surface area contributed by atoms with Crippen LogP contribution in [0.15, 0.2) is 72.8 Å². The van der Waals surface area contributed by atoms with Crippen molar-refractivity contribution in [3.63, 3.8) is 0 Å². The summed E-state index contributed by atoms with van der Waals surface area (Å²) in [5.74, 6) is 0.679. The summed E-state index contributed by atoms with van der Waals surface area (Å²) in [6.07, 6.45) is 0. The smallest absolute Gasteiger partial charge is 0.255 e. The zero-order valence-electron chi connectivity index (χ0n) is 16.3. The first-order valence-corrected chi connectivity index (χ1v) is 9.06. The number of rotatable bonds is 7. The van der Waals surface area contributed by atoms with Gasteiger partial charge in [0.15, 0.2) is 11.5 Å². The highest BCUT2D eigenvalue weighted by atomic mass is 16.5. The van der Waals surface area contributed by atoms with E-state index in [4.69, 9.17) is 9.47 Å². The molecule has 0 saturated heterocycles. The van der Waals surface area contributed by atoms with Crippen molar-refractivity contribution in [3.05, 3.63) is 89.5 Å². The van der Waals surface area contributed by atoms with Crippen LogP contribution >= 0.6 is 0 Å². The first kappa shape index (κ1) is 19.9. The molecule has 3 aromatic rings. The Morgan fingerprint density at radius 1 is 0.759 bits per heavy atom. The van der Waals surface area contributed by atoms with Crippen LogP contribution in [0.5, 0.6) is 11.5 Å². The maximum Gasteiger partial charge on any atom is 0.255 e. The van der Waals surface area contributed by atoms with E-state index < -0.39 is 0 Å². The van der Waals surface area contributed by atoms with Gasteiger partial charge in [0.05, 0.1) is 14.2 Å². The molecule has 3 aromatic carbocycles. The number of para-hydroxylation sites is 1. The van der Waals surface area contributed by atoms with Gasteiger partial charge in [-0.3, -0.25) is 9.59 Å². The molecule has 6 nitrogen and oxygen atoms in total. The molecule has 29 heavy (non-hydrogen) atoms. The fraction of sp³-hybridized carbons (Fsp3) is 0.130. The quantitative estimate of drug-likeness (QED) is 0.642. The lowest BCUT2D eigenvalue weighted by atomic mass is 10.1.